The third-order valence-electron chi connectivity index (χ3n) is 7.72. The van der Waals surface area contributed by atoms with Crippen molar-refractivity contribution >= 4 is 40.4 Å². The van der Waals surface area contributed by atoms with E-state index in [9.17, 15) is 14.4 Å². The second-order valence-corrected chi connectivity index (χ2v) is 11.9. The van der Waals surface area contributed by atoms with Crippen LogP contribution in [0.2, 0.25) is 0 Å². The van der Waals surface area contributed by atoms with Gasteiger partial charge < -0.3 is 34.2 Å². The molecule has 0 aliphatic heterocycles. The molecule has 3 aromatic heterocycles. The lowest BCUT2D eigenvalue weighted by molar-refractivity contribution is -0.151. The van der Waals surface area contributed by atoms with Gasteiger partial charge in [0.25, 0.3) is 5.91 Å². The Labute approximate surface area is 268 Å². The first-order valence-corrected chi connectivity index (χ1v) is 14.9. The molecule has 13 heteroatoms. The number of hydrogen-bond acceptors (Lipinski definition) is 11. The Morgan fingerprint density at radius 1 is 1.00 bits per heavy atom. The van der Waals surface area contributed by atoms with E-state index in [1.54, 1.807) is 18.2 Å². The van der Waals surface area contributed by atoms with E-state index < -0.39 is 11.3 Å². The van der Waals surface area contributed by atoms with Gasteiger partial charge >= 0.3 is 11.9 Å². The molecule has 0 fully saturated rings. The topological polar surface area (TPSA) is 174 Å². The lowest BCUT2D eigenvalue weighted by atomic mass is 9.88. The zero-order chi connectivity index (χ0) is 34.2. The molecule has 1 amide bonds. The van der Waals surface area contributed by atoms with E-state index in [0.717, 1.165) is 17.8 Å². The molecule has 0 saturated heterocycles. The second-order valence-electron chi connectivity index (χ2n) is 11.9. The molecule has 3 N–H and O–H groups in total. The van der Waals surface area contributed by atoms with Crippen molar-refractivity contribution in [2.24, 2.45) is 17.9 Å². The fourth-order valence-corrected chi connectivity index (χ4v) is 4.37. The Hall–Kier alpha value is -4.94. The number of hydrogen-bond donors (Lipinski definition) is 2. The molecule has 0 aliphatic carbocycles. The van der Waals surface area contributed by atoms with Crippen molar-refractivity contribution in [3.63, 3.8) is 0 Å². The monoisotopic (exact) mass is 636 g/mol. The Bertz CT molecular complexity index is 1690. The van der Waals surface area contributed by atoms with Crippen LogP contribution in [0.5, 0.6) is 5.75 Å². The van der Waals surface area contributed by atoms with Crippen LogP contribution in [0, 0.1) is 10.8 Å². The third-order valence-corrected chi connectivity index (χ3v) is 7.72. The summed E-state index contributed by atoms with van der Waals surface area (Å²) in [6.07, 6.45) is 4.78. The highest BCUT2D eigenvalue weighted by Crippen LogP contribution is 2.33. The van der Waals surface area contributed by atoms with Gasteiger partial charge in [0.05, 0.1) is 48.4 Å². The number of benzene rings is 1. The van der Waals surface area contributed by atoms with Gasteiger partial charge in [-0.1, -0.05) is 6.92 Å². The van der Waals surface area contributed by atoms with Gasteiger partial charge in [0, 0.05) is 31.3 Å². The Balaban J connectivity index is 0.000000559. The normalized spacial score (nSPS) is 11.4. The number of nitrogen functional groups attached to an aromatic ring is 1. The molecule has 4 rings (SSSR count). The largest absolute Gasteiger partial charge is 0.492 e. The molecule has 0 unspecified atom stereocenters. The van der Waals surface area contributed by atoms with E-state index >= 15 is 0 Å². The number of aromatic nitrogens is 4. The molecule has 0 radical (unpaired) electrons. The van der Waals surface area contributed by atoms with Crippen molar-refractivity contribution in [2.45, 2.75) is 60.8 Å². The standard InChI is InChI=1S/C26H30N6O5.C7H14O2/c1-6-36-20-13-16-19(32(4)22(29-16)7-9-26(2,3)25(34)35-5)12-17(20)30-23(33)18-14-37-24(31-18)15-8-10-28-21(27)11-15;1-5-7(2,3)6(8)9-4/h8,10-14H,6-7,9H2,1-5H3,(H2,27,28)(H,30,33);5H2,1-4H3. The second kappa shape index (κ2) is 14.9. The lowest BCUT2D eigenvalue weighted by Gasteiger charge is -2.20. The molecule has 3 heterocycles. The molecule has 1 aromatic carbocycles. The number of nitrogens with two attached hydrogens (primary N) is 1. The number of fused-ring (bicyclic) bond motifs is 1. The van der Waals surface area contributed by atoms with Gasteiger partial charge in [0.1, 0.15) is 23.7 Å². The van der Waals surface area contributed by atoms with Gasteiger partial charge in [-0.2, -0.15) is 0 Å². The maximum atomic E-state index is 13.0. The van der Waals surface area contributed by atoms with Gasteiger partial charge in [0.15, 0.2) is 5.69 Å². The Kier molecular flexibility index (Phi) is 11.5. The van der Waals surface area contributed by atoms with E-state index in [4.69, 9.17) is 24.6 Å². The smallest absolute Gasteiger partial charge is 0.311 e. The van der Waals surface area contributed by atoms with Crippen molar-refractivity contribution < 1.29 is 33.0 Å². The van der Waals surface area contributed by atoms with Gasteiger partial charge in [-0.05, 0) is 65.7 Å². The summed E-state index contributed by atoms with van der Waals surface area (Å²) < 4.78 is 22.7. The number of nitrogens with one attached hydrogen (secondary N) is 1. The number of nitrogens with zero attached hydrogens (tertiary/aromatic N) is 4. The Morgan fingerprint density at radius 2 is 1.67 bits per heavy atom. The van der Waals surface area contributed by atoms with Crippen LogP contribution in [0.3, 0.4) is 0 Å². The highest BCUT2D eigenvalue weighted by atomic mass is 16.5. The quantitative estimate of drug-likeness (QED) is 0.197. The van der Waals surface area contributed by atoms with Crippen LogP contribution in [0.25, 0.3) is 22.5 Å². The summed E-state index contributed by atoms with van der Waals surface area (Å²) in [6.45, 7) is 11.7. The van der Waals surface area contributed by atoms with E-state index in [2.05, 4.69) is 20.0 Å². The van der Waals surface area contributed by atoms with Crippen molar-refractivity contribution in [2.75, 3.05) is 31.9 Å². The molecule has 46 heavy (non-hydrogen) atoms. The number of imidazole rings is 1. The zero-order valence-electron chi connectivity index (χ0n) is 28.0. The highest BCUT2D eigenvalue weighted by Gasteiger charge is 2.29. The minimum absolute atomic E-state index is 0.101. The number of rotatable bonds is 11. The molecule has 0 atom stereocenters. The van der Waals surface area contributed by atoms with Gasteiger partial charge in [0.2, 0.25) is 5.89 Å². The van der Waals surface area contributed by atoms with E-state index in [-0.39, 0.29) is 28.9 Å². The van der Waals surface area contributed by atoms with Gasteiger partial charge in [-0.25, -0.2) is 15.0 Å². The molecule has 0 bridgehead atoms. The predicted molar refractivity (Wildman–Crippen MR) is 174 cm³/mol. The van der Waals surface area contributed by atoms with Gasteiger partial charge in [-0.3, -0.25) is 14.4 Å². The fourth-order valence-electron chi connectivity index (χ4n) is 4.37. The summed E-state index contributed by atoms with van der Waals surface area (Å²) in [5.74, 6) is 0.999. The number of esters is 2. The summed E-state index contributed by atoms with van der Waals surface area (Å²) in [4.78, 5) is 48.9. The molecular formula is C33H44N6O7. The first kappa shape index (κ1) is 35.5. The highest BCUT2D eigenvalue weighted by molar-refractivity contribution is 6.05. The van der Waals surface area contributed by atoms with Crippen LogP contribution in [0.4, 0.5) is 11.5 Å². The fraction of sp³-hybridized carbons (Fsp3) is 0.455. The number of oxazole rings is 1. The van der Waals surface area contributed by atoms with Crippen molar-refractivity contribution in [1.29, 1.82) is 0 Å². The molecular weight excluding hydrogens is 592 g/mol. The summed E-state index contributed by atoms with van der Waals surface area (Å²) in [6, 6.07) is 6.90. The average Bonchev–Trinajstić information content (AvgIpc) is 3.65. The number of ether oxygens (including phenoxy) is 3. The van der Waals surface area contributed by atoms with Crippen LogP contribution in [0.15, 0.2) is 41.1 Å². The van der Waals surface area contributed by atoms with Crippen LogP contribution in [-0.2, 0) is 32.5 Å². The Morgan fingerprint density at radius 3 is 2.26 bits per heavy atom. The number of anilines is 2. The average molecular weight is 637 g/mol. The minimum Gasteiger partial charge on any atom is -0.492 e. The van der Waals surface area contributed by atoms with Crippen LogP contribution in [-0.4, -0.2) is 58.2 Å². The minimum atomic E-state index is -0.638. The number of carbonyl (C=O) groups excluding carboxylic acids is 3. The summed E-state index contributed by atoms with van der Waals surface area (Å²) >= 11 is 0. The zero-order valence-corrected chi connectivity index (χ0v) is 28.0. The summed E-state index contributed by atoms with van der Waals surface area (Å²) in [7, 11) is 4.70. The first-order valence-electron chi connectivity index (χ1n) is 14.9. The predicted octanol–water partition coefficient (Wildman–Crippen LogP) is 5.58. The molecule has 13 nitrogen and oxygen atoms in total. The number of pyridine rings is 1. The third kappa shape index (κ3) is 8.40. The maximum Gasteiger partial charge on any atom is 0.311 e. The van der Waals surface area contributed by atoms with E-state index in [1.165, 1.54) is 26.7 Å². The SMILES string of the molecule is CCC(C)(C)C(=O)OC.CCOc1cc2nc(CCC(C)(C)C(=O)OC)n(C)c2cc1NC(=O)c1coc(-c2ccnc(N)c2)n1. The van der Waals surface area contributed by atoms with Crippen LogP contribution < -0.4 is 15.8 Å². The summed E-state index contributed by atoms with van der Waals surface area (Å²) in [5, 5.41) is 2.87. The molecule has 0 spiro atoms. The number of aryl methyl sites for hydroxylation is 2. The van der Waals surface area contributed by atoms with Crippen LogP contribution >= 0.6 is 0 Å². The van der Waals surface area contributed by atoms with E-state index in [1.807, 2.05) is 59.2 Å². The van der Waals surface area contributed by atoms with E-state index in [0.29, 0.717) is 47.8 Å². The number of methoxy groups -OCH3 is 2. The molecule has 248 valence electrons. The van der Waals surface area contributed by atoms with Crippen LogP contribution in [0.1, 0.15) is 70.7 Å². The summed E-state index contributed by atoms with van der Waals surface area (Å²) in [5.41, 5.74) is 7.48. The molecule has 0 saturated carbocycles. The van der Waals surface area contributed by atoms with Gasteiger partial charge in [-0.15, -0.1) is 0 Å². The molecule has 4 aromatic rings. The number of carbonyl (C=O) groups is 3. The number of amides is 1. The lowest BCUT2D eigenvalue weighted by Crippen LogP contribution is -2.26. The maximum absolute atomic E-state index is 13.0. The van der Waals surface area contributed by atoms with Crippen molar-refractivity contribution in [3.05, 3.63) is 48.2 Å². The van der Waals surface area contributed by atoms with Crippen molar-refractivity contribution in [3.8, 4) is 17.2 Å². The molecule has 0 aliphatic rings. The van der Waals surface area contributed by atoms with Crippen molar-refractivity contribution in [1.82, 2.24) is 19.5 Å². The first-order chi connectivity index (χ1) is 21.7.